The van der Waals surface area contributed by atoms with E-state index >= 15 is 0 Å². The van der Waals surface area contributed by atoms with Crippen LogP contribution in [0, 0.1) is 6.92 Å². The molecule has 0 bridgehead atoms. The topological polar surface area (TPSA) is 113 Å². The normalized spacial score (nSPS) is 15.3. The second-order valence-corrected chi connectivity index (χ2v) is 14.3. The summed E-state index contributed by atoms with van der Waals surface area (Å²) in [5.41, 5.74) is 1.32. The highest BCUT2D eigenvalue weighted by atomic mass is 35.5. The fourth-order valence-electron chi connectivity index (χ4n) is 4.12. The maximum absolute atomic E-state index is 13.3. The van der Waals surface area contributed by atoms with Crippen molar-refractivity contribution >= 4 is 60.5 Å². The van der Waals surface area contributed by atoms with Gasteiger partial charge in [0.1, 0.15) is 5.37 Å². The van der Waals surface area contributed by atoms with E-state index in [1.165, 1.54) is 60.7 Å². The number of halogens is 1. The summed E-state index contributed by atoms with van der Waals surface area (Å²) in [6.07, 6.45) is 1.45. The van der Waals surface area contributed by atoms with Crippen molar-refractivity contribution in [3.05, 3.63) is 95.5 Å². The standard InChI is InChI=1S/C27H28ClN3O5S3/c1-3-26(31-14-16-37-17-15-31)38(33,34)22-11-7-21(8-12-22)29-27(32)24-18-19(2)4-13-25(24)30-39(35,36)23-9-5-20(28)6-10-23/h3-13,18,26,30H,1,14-17H2,2H3,(H,29,32). The van der Waals surface area contributed by atoms with E-state index < -0.39 is 31.1 Å². The molecule has 2 N–H and O–H groups in total. The lowest BCUT2D eigenvalue weighted by molar-refractivity contribution is 0.102. The van der Waals surface area contributed by atoms with E-state index in [0.717, 1.165) is 17.1 Å². The molecule has 39 heavy (non-hydrogen) atoms. The predicted molar refractivity (Wildman–Crippen MR) is 158 cm³/mol. The van der Waals surface area contributed by atoms with Gasteiger partial charge >= 0.3 is 0 Å². The molecule has 1 saturated heterocycles. The van der Waals surface area contributed by atoms with Gasteiger partial charge in [-0.05, 0) is 67.6 Å². The SMILES string of the molecule is C=CC(N1CCSCC1)S(=O)(=O)c1ccc(NC(=O)c2cc(C)ccc2NS(=O)(=O)c2ccc(Cl)cc2)cc1. The third kappa shape index (κ3) is 6.85. The zero-order chi connectivity index (χ0) is 28.2. The van der Waals surface area contributed by atoms with Crippen molar-refractivity contribution < 1.29 is 21.6 Å². The number of rotatable bonds is 9. The average Bonchev–Trinajstić information content (AvgIpc) is 2.91. The molecule has 1 amide bonds. The van der Waals surface area contributed by atoms with Gasteiger partial charge in [0.05, 0.1) is 21.0 Å². The molecule has 1 atom stereocenters. The molecule has 1 fully saturated rings. The molecule has 4 rings (SSSR count). The van der Waals surface area contributed by atoms with Crippen molar-refractivity contribution in [2.45, 2.75) is 22.1 Å². The number of hydrogen-bond acceptors (Lipinski definition) is 7. The van der Waals surface area contributed by atoms with Crippen LogP contribution < -0.4 is 10.0 Å². The number of carbonyl (C=O) groups is 1. The Bertz CT molecular complexity index is 1570. The predicted octanol–water partition coefficient (Wildman–Crippen LogP) is 5.04. The third-order valence-electron chi connectivity index (χ3n) is 6.15. The largest absolute Gasteiger partial charge is 0.322 e. The Kier molecular flexibility index (Phi) is 9.07. The van der Waals surface area contributed by atoms with E-state index in [0.29, 0.717) is 23.8 Å². The van der Waals surface area contributed by atoms with Gasteiger partial charge in [0, 0.05) is 35.3 Å². The van der Waals surface area contributed by atoms with Crippen molar-refractivity contribution in [2.75, 3.05) is 34.6 Å². The van der Waals surface area contributed by atoms with Crippen LogP contribution in [0.15, 0.2) is 89.2 Å². The van der Waals surface area contributed by atoms with E-state index in [1.807, 2.05) is 4.90 Å². The lowest BCUT2D eigenvalue weighted by Crippen LogP contribution is -2.44. The number of sulfone groups is 1. The van der Waals surface area contributed by atoms with E-state index in [-0.39, 0.29) is 21.0 Å². The average molecular weight is 606 g/mol. The second kappa shape index (κ2) is 12.1. The number of sulfonamides is 1. The first-order valence-corrected chi connectivity index (χ1v) is 16.6. The van der Waals surface area contributed by atoms with Gasteiger partial charge in [-0.15, -0.1) is 6.58 Å². The van der Waals surface area contributed by atoms with Crippen LogP contribution in [0.2, 0.25) is 5.02 Å². The first kappa shape index (κ1) is 29.2. The molecule has 8 nitrogen and oxygen atoms in total. The monoisotopic (exact) mass is 605 g/mol. The van der Waals surface area contributed by atoms with Crippen LogP contribution in [-0.2, 0) is 19.9 Å². The van der Waals surface area contributed by atoms with Crippen LogP contribution in [-0.4, -0.2) is 57.6 Å². The Morgan fingerprint density at radius 3 is 2.21 bits per heavy atom. The molecule has 0 saturated carbocycles. The summed E-state index contributed by atoms with van der Waals surface area (Å²) in [6, 6.07) is 16.3. The van der Waals surface area contributed by atoms with Crippen molar-refractivity contribution in [2.24, 2.45) is 0 Å². The van der Waals surface area contributed by atoms with E-state index in [2.05, 4.69) is 16.6 Å². The summed E-state index contributed by atoms with van der Waals surface area (Å²) >= 11 is 7.66. The highest BCUT2D eigenvalue weighted by molar-refractivity contribution is 7.99. The molecular weight excluding hydrogens is 578 g/mol. The Morgan fingerprint density at radius 2 is 1.59 bits per heavy atom. The molecule has 0 radical (unpaired) electrons. The molecule has 1 unspecified atom stereocenters. The van der Waals surface area contributed by atoms with Gasteiger partial charge in [0.25, 0.3) is 15.9 Å². The second-order valence-electron chi connectivity index (χ2n) is 8.91. The summed E-state index contributed by atoms with van der Waals surface area (Å²) in [5, 5.41) is 2.29. The molecular formula is C27H28ClN3O5S3. The van der Waals surface area contributed by atoms with Crippen LogP contribution in [0.3, 0.4) is 0 Å². The van der Waals surface area contributed by atoms with Crippen LogP contribution in [0.5, 0.6) is 0 Å². The number of thioether (sulfide) groups is 1. The number of aryl methyl sites for hydroxylation is 1. The number of hydrogen-bond donors (Lipinski definition) is 2. The number of nitrogens with one attached hydrogen (secondary N) is 2. The summed E-state index contributed by atoms with van der Waals surface area (Å²) in [5.74, 6) is 1.17. The molecule has 0 aromatic heterocycles. The lowest BCUT2D eigenvalue weighted by Gasteiger charge is -2.32. The number of benzene rings is 3. The molecule has 1 aliphatic heterocycles. The smallest absolute Gasteiger partial charge is 0.261 e. The maximum atomic E-state index is 13.3. The third-order valence-corrected chi connectivity index (χ3v) is 10.8. The quantitative estimate of drug-likeness (QED) is 0.329. The summed E-state index contributed by atoms with van der Waals surface area (Å²) in [4.78, 5) is 15.2. The van der Waals surface area contributed by atoms with Crippen molar-refractivity contribution in [3.63, 3.8) is 0 Å². The van der Waals surface area contributed by atoms with Gasteiger partial charge in [0.15, 0.2) is 9.84 Å². The maximum Gasteiger partial charge on any atom is 0.261 e. The Morgan fingerprint density at radius 1 is 0.974 bits per heavy atom. The minimum absolute atomic E-state index is 0.00299. The molecule has 206 valence electrons. The van der Waals surface area contributed by atoms with E-state index in [1.54, 1.807) is 30.8 Å². The Hall–Kier alpha value is -2.83. The van der Waals surface area contributed by atoms with Gasteiger partial charge in [-0.25, -0.2) is 16.8 Å². The molecule has 0 aliphatic carbocycles. The van der Waals surface area contributed by atoms with Gasteiger partial charge in [0.2, 0.25) is 0 Å². The van der Waals surface area contributed by atoms with Crippen LogP contribution >= 0.6 is 23.4 Å². The van der Waals surface area contributed by atoms with Gasteiger partial charge in [-0.2, -0.15) is 11.8 Å². The molecule has 3 aromatic rings. The fraction of sp³-hybridized carbons (Fsp3) is 0.222. The number of carbonyl (C=O) groups excluding carboxylic acids is 1. The van der Waals surface area contributed by atoms with Crippen molar-refractivity contribution in [1.82, 2.24) is 4.90 Å². The number of nitrogens with zero attached hydrogens (tertiary/aromatic N) is 1. The van der Waals surface area contributed by atoms with Crippen LogP contribution in [0.25, 0.3) is 0 Å². The first-order valence-electron chi connectivity index (χ1n) is 12.0. The highest BCUT2D eigenvalue weighted by Gasteiger charge is 2.31. The number of amides is 1. The lowest BCUT2D eigenvalue weighted by atomic mass is 10.1. The summed E-state index contributed by atoms with van der Waals surface area (Å²) in [6.45, 7) is 6.85. The van der Waals surface area contributed by atoms with E-state index in [9.17, 15) is 21.6 Å². The Balaban J connectivity index is 1.53. The molecule has 1 heterocycles. The summed E-state index contributed by atoms with van der Waals surface area (Å²) in [7, 11) is -7.69. The molecule has 12 heteroatoms. The van der Waals surface area contributed by atoms with Gasteiger partial charge < -0.3 is 5.32 Å². The number of anilines is 2. The van der Waals surface area contributed by atoms with Crippen LogP contribution in [0.1, 0.15) is 15.9 Å². The van der Waals surface area contributed by atoms with Crippen molar-refractivity contribution in [1.29, 1.82) is 0 Å². The fourth-order valence-corrected chi connectivity index (χ4v) is 7.91. The molecule has 0 spiro atoms. The van der Waals surface area contributed by atoms with Crippen LogP contribution in [0.4, 0.5) is 11.4 Å². The van der Waals surface area contributed by atoms with Gasteiger partial charge in [-0.3, -0.25) is 14.4 Å². The minimum Gasteiger partial charge on any atom is -0.322 e. The molecule has 3 aromatic carbocycles. The summed E-state index contributed by atoms with van der Waals surface area (Å²) < 4.78 is 54.9. The minimum atomic E-state index is -3.98. The molecule has 1 aliphatic rings. The van der Waals surface area contributed by atoms with Crippen molar-refractivity contribution in [3.8, 4) is 0 Å². The Labute approximate surface area is 238 Å². The highest BCUT2D eigenvalue weighted by Crippen LogP contribution is 2.26. The zero-order valence-corrected chi connectivity index (χ0v) is 24.3. The van der Waals surface area contributed by atoms with E-state index in [4.69, 9.17) is 11.6 Å². The first-order chi connectivity index (χ1) is 18.5. The van der Waals surface area contributed by atoms with Gasteiger partial charge in [-0.1, -0.05) is 29.3 Å². The zero-order valence-electron chi connectivity index (χ0n) is 21.1.